The van der Waals surface area contributed by atoms with E-state index in [1.54, 1.807) is 0 Å². The van der Waals surface area contributed by atoms with E-state index in [1.807, 2.05) is 0 Å². The zero-order valence-corrected chi connectivity index (χ0v) is 7.98. The highest BCUT2D eigenvalue weighted by atomic mass is 16.5. The summed E-state index contributed by atoms with van der Waals surface area (Å²) in [7, 11) is 0. The Bertz CT molecular complexity index is 180. The van der Waals surface area contributed by atoms with Gasteiger partial charge in [0.05, 0.1) is 12.7 Å². The van der Waals surface area contributed by atoms with E-state index in [1.165, 1.54) is 6.42 Å². The van der Waals surface area contributed by atoms with Gasteiger partial charge in [-0.1, -0.05) is 27.7 Å². The van der Waals surface area contributed by atoms with E-state index < -0.39 is 0 Å². The van der Waals surface area contributed by atoms with Crippen molar-refractivity contribution in [2.45, 2.75) is 40.2 Å². The van der Waals surface area contributed by atoms with Crippen LogP contribution in [0.1, 0.15) is 34.1 Å². The van der Waals surface area contributed by atoms with Crippen molar-refractivity contribution in [3.8, 4) is 0 Å². The smallest absolute Gasteiger partial charge is 0.0658 e. The molecule has 1 heteroatoms. The van der Waals surface area contributed by atoms with Crippen molar-refractivity contribution in [3.63, 3.8) is 0 Å². The van der Waals surface area contributed by atoms with Crippen LogP contribution in [0.4, 0.5) is 0 Å². The number of rotatable bonds is 0. The maximum Gasteiger partial charge on any atom is 0.0658 e. The predicted octanol–water partition coefficient (Wildman–Crippen LogP) is 2.46. The fourth-order valence-corrected chi connectivity index (χ4v) is 2.33. The first-order chi connectivity index (χ1) is 4.93. The van der Waals surface area contributed by atoms with Gasteiger partial charge in [-0.15, -0.1) is 0 Å². The molecule has 2 fully saturated rings. The summed E-state index contributed by atoms with van der Waals surface area (Å²) in [4.78, 5) is 0. The molecule has 1 heterocycles. The summed E-state index contributed by atoms with van der Waals surface area (Å²) in [5, 5.41) is 0. The summed E-state index contributed by atoms with van der Waals surface area (Å²) < 4.78 is 5.78. The first-order valence-electron chi connectivity index (χ1n) is 4.55. The van der Waals surface area contributed by atoms with Crippen molar-refractivity contribution < 1.29 is 4.74 Å². The van der Waals surface area contributed by atoms with E-state index >= 15 is 0 Å². The molecule has 2 rings (SSSR count). The van der Waals surface area contributed by atoms with Crippen LogP contribution in [0.3, 0.4) is 0 Å². The summed E-state index contributed by atoms with van der Waals surface area (Å²) >= 11 is 0. The van der Waals surface area contributed by atoms with Gasteiger partial charge in [0.15, 0.2) is 0 Å². The van der Waals surface area contributed by atoms with Crippen LogP contribution < -0.4 is 0 Å². The Hall–Kier alpha value is -0.0400. The van der Waals surface area contributed by atoms with E-state index in [-0.39, 0.29) is 0 Å². The Kier molecular flexibility index (Phi) is 1.26. The Balaban J connectivity index is 2.10. The Morgan fingerprint density at radius 3 is 2.18 bits per heavy atom. The van der Waals surface area contributed by atoms with Gasteiger partial charge in [-0.25, -0.2) is 0 Å². The summed E-state index contributed by atoms with van der Waals surface area (Å²) in [5.74, 6) is 0.863. The molecule has 3 atom stereocenters. The fraction of sp³-hybridized carbons (Fsp3) is 1.00. The second-order valence-electron chi connectivity index (χ2n) is 5.56. The molecular weight excluding hydrogens is 136 g/mol. The topological polar surface area (TPSA) is 9.23 Å². The third kappa shape index (κ3) is 1.01. The molecule has 0 aromatic heterocycles. The van der Waals surface area contributed by atoms with Crippen LogP contribution in [-0.4, -0.2) is 12.7 Å². The minimum Gasteiger partial charge on any atom is -0.377 e. The van der Waals surface area contributed by atoms with Gasteiger partial charge >= 0.3 is 0 Å². The number of hydrogen-bond donors (Lipinski definition) is 0. The van der Waals surface area contributed by atoms with Gasteiger partial charge in [-0.3, -0.25) is 0 Å². The molecule has 0 radical (unpaired) electrons. The van der Waals surface area contributed by atoms with E-state index in [2.05, 4.69) is 27.7 Å². The second-order valence-corrected chi connectivity index (χ2v) is 5.56. The Morgan fingerprint density at radius 2 is 2.00 bits per heavy atom. The highest BCUT2D eigenvalue weighted by molar-refractivity contribution is 5.09. The standard InChI is InChI=1S/C10H18O/c1-9(2,3)8-7-5-10(7,4)6-11-8/h7-8H,5-6H2,1-4H3/t7-,8?,10+/m0/s1. The molecule has 0 amide bonds. The van der Waals surface area contributed by atoms with Crippen LogP contribution in [0.25, 0.3) is 0 Å². The Labute approximate surface area is 69.1 Å². The van der Waals surface area contributed by atoms with Gasteiger partial charge in [-0.2, -0.15) is 0 Å². The van der Waals surface area contributed by atoms with E-state index in [0.29, 0.717) is 16.9 Å². The molecule has 0 aromatic rings. The fourth-order valence-electron chi connectivity index (χ4n) is 2.33. The summed E-state index contributed by atoms with van der Waals surface area (Å²) in [6.07, 6.45) is 1.92. The third-order valence-corrected chi connectivity index (χ3v) is 3.23. The molecular formula is C10H18O. The number of hydrogen-bond acceptors (Lipinski definition) is 1. The third-order valence-electron chi connectivity index (χ3n) is 3.23. The van der Waals surface area contributed by atoms with Gasteiger partial charge < -0.3 is 4.74 Å². The molecule has 0 spiro atoms. The number of fused-ring (bicyclic) bond motifs is 1. The molecule has 0 bridgehead atoms. The van der Waals surface area contributed by atoms with Gasteiger partial charge in [0, 0.05) is 0 Å². The lowest BCUT2D eigenvalue weighted by atomic mass is 9.85. The van der Waals surface area contributed by atoms with Crippen LogP contribution in [0.15, 0.2) is 0 Å². The average Bonchev–Trinajstić information content (AvgIpc) is 2.32. The van der Waals surface area contributed by atoms with Crippen LogP contribution in [0.5, 0.6) is 0 Å². The van der Waals surface area contributed by atoms with Crippen LogP contribution in [0.2, 0.25) is 0 Å². The zero-order chi connectivity index (χ0) is 8.28. The monoisotopic (exact) mass is 154 g/mol. The van der Waals surface area contributed by atoms with E-state index in [4.69, 9.17) is 4.74 Å². The minimum atomic E-state index is 0.346. The lowest BCUT2D eigenvalue weighted by molar-refractivity contribution is 0.000126. The molecule has 1 saturated carbocycles. The normalized spacial score (nSPS) is 49.1. The first kappa shape index (κ1) is 7.60. The van der Waals surface area contributed by atoms with Crippen molar-refractivity contribution in [1.29, 1.82) is 0 Å². The summed E-state index contributed by atoms with van der Waals surface area (Å²) in [6.45, 7) is 10.2. The molecule has 1 aliphatic carbocycles. The largest absolute Gasteiger partial charge is 0.377 e. The minimum absolute atomic E-state index is 0.346. The number of ether oxygens (including phenoxy) is 1. The lowest BCUT2D eigenvalue weighted by Gasteiger charge is -2.27. The molecule has 1 unspecified atom stereocenters. The van der Waals surface area contributed by atoms with Crippen LogP contribution >= 0.6 is 0 Å². The lowest BCUT2D eigenvalue weighted by Crippen LogP contribution is -2.28. The quantitative estimate of drug-likeness (QED) is 0.521. The van der Waals surface area contributed by atoms with Crippen LogP contribution in [0, 0.1) is 16.7 Å². The second kappa shape index (κ2) is 1.82. The van der Waals surface area contributed by atoms with Gasteiger partial charge in [0.25, 0.3) is 0 Å². The molecule has 1 saturated heterocycles. The highest BCUT2D eigenvalue weighted by Gasteiger charge is 2.61. The van der Waals surface area contributed by atoms with Crippen molar-refractivity contribution in [3.05, 3.63) is 0 Å². The summed E-state index contributed by atoms with van der Waals surface area (Å²) in [6, 6.07) is 0. The van der Waals surface area contributed by atoms with E-state index in [9.17, 15) is 0 Å². The molecule has 64 valence electrons. The van der Waals surface area contributed by atoms with Gasteiger partial charge in [-0.05, 0) is 23.2 Å². The summed E-state index contributed by atoms with van der Waals surface area (Å²) in [5.41, 5.74) is 0.914. The molecule has 1 nitrogen and oxygen atoms in total. The van der Waals surface area contributed by atoms with Crippen LogP contribution in [-0.2, 0) is 4.74 Å². The van der Waals surface area contributed by atoms with Gasteiger partial charge in [0.1, 0.15) is 0 Å². The molecule has 11 heavy (non-hydrogen) atoms. The van der Waals surface area contributed by atoms with Crippen molar-refractivity contribution in [2.75, 3.05) is 6.61 Å². The van der Waals surface area contributed by atoms with Gasteiger partial charge in [0.2, 0.25) is 0 Å². The molecule has 2 aliphatic rings. The first-order valence-corrected chi connectivity index (χ1v) is 4.55. The SMILES string of the molecule is CC(C)(C)C1OC[C@@]2(C)C[C@@H]12. The average molecular weight is 154 g/mol. The van der Waals surface area contributed by atoms with Crippen molar-refractivity contribution >= 4 is 0 Å². The molecule has 0 aromatic carbocycles. The molecule has 1 aliphatic heterocycles. The maximum atomic E-state index is 5.78. The zero-order valence-electron chi connectivity index (χ0n) is 7.98. The van der Waals surface area contributed by atoms with Crippen molar-refractivity contribution in [2.24, 2.45) is 16.7 Å². The van der Waals surface area contributed by atoms with Crippen molar-refractivity contribution in [1.82, 2.24) is 0 Å². The Morgan fingerprint density at radius 1 is 1.36 bits per heavy atom. The predicted molar refractivity (Wildman–Crippen MR) is 45.4 cm³/mol. The molecule has 0 N–H and O–H groups in total. The maximum absolute atomic E-state index is 5.78. The van der Waals surface area contributed by atoms with E-state index in [0.717, 1.165) is 12.5 Å². The highest BCUT2D eigenvalue weighted by Crippen LogP contribution is 2.62.